The van der Waals surface area contributed by atoms with Crippen LogP contribution in [0.15, 0.2) is 42.5 Å². The molecule has 3 nitrogen and oxygen atoms in total. The zero-order valence-electron chi connectivity index (χ0n) is 12.1. The largest absolute Gasteiger partial charge is 0.382 e. The van der Waals surface area contributed by atoms with E-state index in [0.717, 1.165) is 18.8 Å². The number of anilines is 2. The molecule has 2 aromatic rings. The van der Waals surface area contributed by atoms with E-state index in [1.54, 1.807) is 6.07 Å². The molecule has 0 atom stereocenters. The number of rotatable bonds is 6. The van der Waals surface area contributed by atoms with Crippen molar-refractivity contribution >= 4 is 34.6 Å². The highest BCUT2D eigenvalue weighted by Crippen LogP contribution is 2.35. The van der Waals surface area contributed by atoms with E-state index in [-0.39, 0.29) is 0 Å². The third kappa shape index (κ3) is 3.96. The summed E-state index contributed by atoms with van der Waals surface area (Å²) in [6, 6.07) is 13.1. The molecular weight excluding hydrogens is 307 g/mol. The van der Waals surface area contributed by atoms with E-state index in [1.165, 1.54) is 0 Å². The van der Waals surface area contributed by atoms with Gasteiger partial charge in [0, 0.05) is 13.1 Å². The average Bonchev–Trinajstić information content (AvgIpc) is 2.51. The van der Waals surface area contributed by atoms with E-state index in [4.69, 9.17) is 28.0 Å². The Hall–Kier alpha value is -1.58. The third-order valence-electron chi connectivity index (χ3n) is 3.16. The van der Waals surface area contributed by atoms with Crippen LogP contribution < -0.4 is 15.2 Å². The molecule has 0 aliphatic heterocycles. The lowest BCUT2D eigenvalue weighted by molar-refractivity contribution is 0.405. The van der Waals surface area contributed by atoms with Gasteiger partial charge in [-0.05, 0) is 38.1 Å². The highest BCUT2D eigenvalue weighted by molar-refractivity contribution is 6.37. The normalized spacial score (nSPS) is 10.3. The fourth-order valence-electron chi connectivity index (χ4n) is 2.02. The number of hydrogen-bond donors (Lipinski definition) is 1. The zero-order chi connectivity index (χ0) is 15.2. The molecule has 0 spiro atoms. The maximum absolute atomic E-state index is 6.34. The minimum Gasteiger partial charge on any atom is -0.382 e. The second kappa shape index (κ2) is 7.43. The van der Waals surface area contributed by atoms with E-state index in [1.807, 2.05) is 36.4 Å². The van der Waals surface area contributed by atoms with Crippen molar-refractivity contribution in [2.24, 2.45) is 0 Å². The van der Waals surface area contributed by atoms with Crippen molar-refractivity contribution in [1.82, 2.24) is 0 Å². The highest BCUT2D eigenvalue weighted by atomic mass is 35.5. The topological polar surface area (TPSA) is 24.5 Å². The minimum atomic E-state index is 0.567. The molecule has 1 N–H and O–H groups in total. The Kier molecular flexibility index (Phi) is 5.59. The molecule has 0 unspecified atom stereocenters. The van der Waals surface area contributed by atoms with Gasteiger partial charge in [0.25, 0.3) is 0 Å². The Labute approximate surface area is 135 Å². The number of nitrogens with one attached hydrogen (secondary N) is 1. The van der Waals surface area contributed by atoms with Crippen LogP contribution in [-0.2, 0) is 0 Å². The van der Waals surface area contributed by atoms with Crippen LogP contribution in [0, 0.1) is 0 Å². The summed E-state index contributed by atoms with van der Waals surface area (Å²) in [6.07, 6.45) is 0. The highest BCUT2D eigenvalue weighted by Gasteiger charge is 2.12. The van der Waals surface area contributed by atoms with E-state index < -0.39 is 0 Å². The van der Waals surface area contributed by atoms with Crippen molar-refractivity contribution in [1.29, 1.82) is 0 Å². The summed E-state index contributed by atoms with van der Waals surface area (Å²) < 4.78 is 0. The van der Waals surface area contributed by atoms with Crippen LogP contribution in [0.2, 0.25) is 10.0 Å². The van der Waals surface area contributed by atoms with Crippen LogP contribution in [0.5, 0.6) is 5.75 Å². The number of para-hydroxylation sites is 1. The first-order valence-corrected chi connectivity index (χ1v) is 7.63. The molecule has 0 bridgehead atoms. The molecule has 0 aliphatic rings. The summed E-state index contributed by atoms with van der Waals surface area (Å²) >= 11 is 12.6. The second-order valence-corrected chi connectivity index (χ2v) is 5.29. The first-order chi connectivity index (χ1) is 10.2. The van der Waals surface area contributed by atoms with Crippen molar-refractivity contribution in [3.8, 4) is 5.75 Å². The average molecular weight is 325 g/mol. The Morgan fingerprint density at radius 1 is 1.00 bits per heavy atom. The summed E-state index contributed by atoms with van der Waals surface area (Å²) in [6.45, 7) is 5.91. The molecule has 21 heavy (non-hydrogen) atoms. The summed E-state index contributed by atoms with van der Waals surface area (Å²) in [7, 11) is 0. The molecule has 2 rings (SSSR count). The van der Waals surface area contributed by atoms with Crippen molar-refractivity contribution < 1.29 is 4.84 Å². The molecule has 0 aromatic heterocycles. The van der Waals surface area contributed by atoms with Gasteiger partial charge in [-0.15, -0.1) is 0 Å². The lowest BCUT2D eigenvalue weighted by Gasteiger charge is -2.23. The number of halogens is 2. The number of benzene rings is 2. The maximum Gasteiger partial charge on any atom is 0.155 e. The van der Waals surface area contributed by atoms with Crippen LogP contribution in [0.4, 0.5) is 11.4 Å². The van der Waals surface area contributed by atoms with Gasteiger partial charge in [0.05, 0.1) is 21.4 Å². The van der Waals surface area contributed by atoms with Gasteiger partial charge in [0.1, 0.15) is 0 Å². The summed E-state index contributed by atoms with van der Waals surface area (Å²) in [4.78, 5) is 7.62. The van der Waals surface area contributed by atoms with E-state index in [2.05, 4.69) is 24.2 Å². The van der Waals surface area contributed by atoms with Gasteiger partial charge in [0.2, 0.25) is 0 Å². The fourth-order valence-corrected chi connectivity index (χ4v) is 2.50. The SMILES string of the molecule is CCN(CC)c1cc(Cl)c(NOc2ccccc2)cc1Cl. The molecule has 0 saturated carbocycles. The minimum absolute atomic E-state index is 0.567. The Morgan fingerprint density at radius 3 is 2.29 bits per heavy atom. The second-order valence-electron chi connectivity index (χ2n) is 4.47. The standard InChI is InChI=1S/C16H18Cl2N2O/c1-3-20(4-2)16-11-13(17)15(10-14(16)18)19-21-12-8-6-5-7-9-12/h5-11,19H,3-4H2,1-2H3. The fraction of sp³-hybridized carbons (Fsp3) is 0.250. The molecule has 0 radical (unpaired) electrons. The van der Waals surface area contributed by atoms with Gasteiger partial charge in [0.15, 0.2) is 5.75 Å². The smallest absolute Gasteiger partial charge is 0.155 e. The first kappa shape index (κ1) is 15.8. The Morgan fingerprint density at radius 2 is 1.67 bits per heavy atom. The first-order valence-electron chi connectivity index (χ1n) is 6.87. The molecule has 5 heteroatoms. The van der Waals surface area contributed by atoms with Gasteiger partial charge in [-0.1, -0.05) is 41.4 Å². The molecule has 0 saturated heterocycles. The van der Waals surface area contributed by atoms with E-state index >= 15 is 0 Å². The van der Waals surface area contributed by atoms with Crippen LogP contribution in [0.25, 0.3) is 0 Å². The third-order valence-corrected chi connectivity index (χ3v) is 3.78. The van der Waals surface area contributed by atoms with Gasteiger partial charge in [-0.3, -0.25) is 0 Å². The van der Waals surface area contributed by atoms with E-state index in [0.29, 0.717) is 21.5 Å². The van der Waals surface area contributed by atoms with Crippen LogP contribution in [0.3, 0.4) is 0 Å². The summed E-state index contributed by atoms with van der Waals surface area (Å²) in [5, 5.41) is 1.21. The summed E-state index contributed by atoms with van der Waals surface area (Å²) in [5.41, 5.74) is 4.41. The molecular formula is C16H18Cl2N2O. The van der Waals surface area contributed by atoms with Gasteiger partial charge < -0.3 is 9.74 Å². The molecule has 112 valence electrons. The van der Waals surface area contributed by atoms with Crippen LogP contribution >= 0.6 is 23.2 Å². The Bertz CT molecular complexity index is 586. The van der Waals surface area contributed by atoms with Crippen molar-refractivity contribution in [2.75, 3.05) is 23.5 Å². The van der Waals surface area contributed by atoms with Crippen molar-refractivity contribution in [2.45, 2.75) is 13.8 Å². The molecule has 2 aromatic carbocycles. The lowest BCUT2D eigenvalue weighted by Crippen LogP contribution is -2.22. The van der Waals surface area contributed by atoms with Crippen molar-refractivity contribution in [3.63, 3.8) is 0 Å². The molecule has 0 heterocycles. The van der Waals surface area contributed by atoms with Crippen LogP contribution in [-0.4, -0.2) is 13.1 Å². The predicted octanol–water partition coefficient (Wildman–Crippen LogP) is 5.25. The predicted molar refractivity (Wildman–Crippen MR) is 90.7 cm³/mol. The molecule has 0 aliphatic carbocycles. The van der Waals surface area contributed by atoms with Gasteiger partial charge in [-0.2, -0.15) is 0 Å². The molecule has 0 fully saturated rings. The van der Waals surface area contributed by atoms with Crippen molar-refractivity contribution in [3.05, 3.63) is 52.5 Å². The maximum atomic E-state index is 6.34. The van der Waals surface area contributed by atoms with Crippen LogP contribution in [0.1, 0.15) is 13.8 Å². The lowest BCUT2D eigenvalue weighted by atomic mass is 10.2. The van der Waals surface area contributed by atoms with E-state index in [9.17, 15) is 0 Å². The molecule has 0 amide bonds. The number of hydrogen-bond acceptors (Lipinski definition) is 3. The quantitative estimate of drug-likeness (QED) is 0.735. The summed E-state index contributed by atoms with van der Waals surface area (Å²) in [5.74, 6) is 0.706. The Balaban J connectivity index is 2.16. The number of nitrogens with zero attached hydrogens (tertiary/aromatic N) is 1. The zero-order valence-corrected chi connectivity index (χ0v) is 13.6. The monoisotopic (exact) mass is 324 g/mol. The van der Waals surface area contributed by atoms with Gasteiger partial charge in [-0.25, -0.2) is 5.48 Å². The van der Waals surface area contributed by atoms with Gasteiger partial charge >= 0.3 is 0 Å².